The second-order valence-electron chi connectivity index (χ2n) is 6.34. The van der Waals surface area contributed by atoms with Gasteiger partial charge in [-0.25, -0.2) is 12.8 Å². The largest absolute Gasteiger partial charge is 0.368 e. The molecule has 0 aromatic heterocycles. The van der Waals surface area contributed by atoms with Crippen LogP contribution in [0.3, 0.4) is 0 Å². The number of nitrogens with one attached hydrogen (secondary N) is 1. The number of benzene rings is 3. The Bertz CT molecular complexity index is 1090. The van der Waals surface area contributed by atoms with Crippen LogP contribution >= 0.6 is 11.6 Å². The van der Waals surface area contributed by atoms with E-state index in [9.17, 15) is 17.6 Å². The summed E-state index contributed by atoms with van der Waals surface area (Å²) < 4.78 is 40.1. The Kier molecular flexibility index (Phi) is 6.32. The summed E-state index contributed by atoms with van der Waals surface area (Å²) in [7, 11) is -4.02. The number of amides is 1. The van der Waals surface area contributed by atoms with Crippen molar-refractivity contribution in [1.82, 2.24) is 5.32 Å². The van der Waals surface area contributed by atoms with Gasteiger partial charge in [-0.1, -0.05) is 54.1 Å². The summed E-state index contributed by atoms with van der Waals surface area (Å²) in [6.07, 6.45) is 0. The minimum atomic E-state index is -4.02. The van der Waals surface area contributed by atoms with E-state index >= 15 is 0 Å². The Balaban J connectivity index is 2.09. The highest BCUT2D eigenvalue weighted by molar-refractivity contribution is 7.91. The van der Waals surface area contributed by atoms with Gasteiger partial charge in [0, 0.05) is 5.02 Å². The lowest BCUT2D eigenvalue weighted by molar-refractivity contribution is -0.120. The van der Waals surface area contributed by atoms with Crippen LogP contribution in [-0.2, 0) is 14.6 Å². The lowest BCUT2D eigenvalue weighted by atomic mass is 10.1. The summed E-state index contributed by atoms with van der Waals surface area (Å²) in [4.78, 5) is 12.1. The number of sulfone groups is 1. The third-order valence-electron chi connectivity index (χ3n) is 4.36. The summed E-state index contributed by atoms with van der Waals surface area (Å²) >= 11 is 5.87. The molecule has 29 heavy (non-hydrogen) atoms. The van der Waals surface area contributed by atoms with Gasteiger partial charge in [0.2, 0.25) is 5.91 Å². The van der Waals surface area contributed by atoms with Gasteiger partial charge >= 0.3 is 0 Å². The average Bonchev–Trinajstić information content (AvgIpc) is 2.70. The van der Waals surface area contributed by atoms with Crippen molar-refractivity contribution in [3.05, 3.63) is 101 Å². The molecule has 0 heterocycles. The smallest absolute Gasteiger partial charge is 0.239 e. The Labute approximate surface area is 173 Å². The molecule has 0 aliphatic rings. The molecule has 3 aromatic rings. The van der Waals surface area contributed by atoms with Gasteiger partial charge in [-0.15, -0.1) is 0 Å². The fraction of sp³-hybridized carbons (Fsp3) is 0.0952. The number of primary amides is 1. The molecule has 0 saturated heterocycles. The van der Waals surface area contributed by atoms with Crippen LogP contribution < -0.4 is 11.1 Å². The molecule has 3 rings (SSSR count). The highest BCUT2D eigenvalue weighted by Crippen LogP contribution is 2.30. The zero-order chi connectivity index (χ0) is 21.0. The summed E-state index contributed by atoms with van der Waals surface area (Å²) in [5, 5.41) is 1.88. The first-order chi connectivity index (χ1) is 13.8. The van der Waals surface area contributed by atoms with E-state index in [2.05, 4.69) is 5.32 Å². The molecule has 0 spiro atoms. The fourth-order valence-corrected chi connectivity index (χ4v) is 4.65. The third-order valence-corrected chi connectivity index (χ3v) is 6.57. The minimum Gasteiger partial charge on any atom is -0.368 e. The highest BCUT2D eigenvalue weighted by atomic mass is 35.5. The molecule has 150 valence electrons. The van der Waals surface area contributed by atoms with Crippen LogP contribution in [0.15, 0.2) is 83.8 Å². The summed E-state index contributed by atoms with van der Waals surface area (Å²) in [5.74, 6) is -1.25. The van der Waals surface area contributed by atoms with Crippen molar-refractivity contribution in [3.63, 3.8) is 0 Å². The predicted octanol–water partition coefficient (Wildman–Crippen LogP) is 3.77. The molecule has 5 nitrogen and oxygen atoms in total. The SMILES string of the molecule is NC(=O)[C@H](NC(c1ccc(F)cc1)S(=O)(=O)c1ccc(Cl)cc1)c1ccccc1. The maximum Gasteiger partial charge on any atom is 0.239 e. The number of nitrogens with two attached hydrogens (primary N) is 1. The number of rotatable bonds is 7. The molecular formula is C21H18ClFN2O3S. The van der Waals surface area contributed by atoms with Gasteiger partial charge in [0.1, 0.15) is 17.2 Å². The van der Waals surface area contributed by atoms with Crippen molar-refractivity contribution in [1.29, 1.82) is 0 Å². The summed E-state index contributed by atoms with van der Waals surface area (Å²) in [6.45, 7) is 0. The molecule has 1 amide bonds. The molecule has 2 atom stereocenters. The van der Waals surface area contributed by atoms with Gasteiger partial charge < -0.3 is 5.73 Å². The van der Waals surface area contributed by atoms with Crippen LogP contribution in [0.25, 0.3) is 0 Å². The second-order valence-corrected chi connectivity index (χ2v) is 8.81. The lowest BCUT2D eigenvalue weighted by Gasteiger charge is -2.25. The molecular weight excluding hydrogens is 415 g/mol. The van der Waals surface area contributed by atoms with Crippen molar-refractivity contribution in [2.75, 3.05) is 0 Å². The van der Waals surface area contributed by atoms with Crippen LogP contribution in [0, 0.1) is 5.82 Å². The van der Waals surface area contributed by atoms with E-state index < -0.39 is 33.0 Å². The zero-order valence-electron chi connectivity index (χ0n) is 15.1. The zero-order valence-corrected chi connectivity index (χ0v) is 16.7. The van der Waals surface area contributed by atoms with E-state index in [0.29, 0.717) is 10.6 Å². The van der Waals surface area contributed by atoms with Crippen LogP contribution in [0.5, 0.6) is 0 Å². The fourth-order valence-electron chi connectivity index (χ4n) is 2.90. The highest BCUT2D eigenvalue weighted by Gasteiger charge is 2.33. The third kappa shape index (κ3) is 4.82. The van der Waals surface area contributed by atoms with Gasteiger partial charge in [0.05, 0.1) is 4.90 Å². The van der Waals surface area contributed by atoms with E-state index in [4.69, 9.17) is 17.3 Å². The van der Waals surface area contributed by atoms with E-state index in [1.807, 2.05) is 0 Å². The van der Waals surface area contributed by atoms with Crippen molar-refractivity contribution in [3.8, 4) is 0 Å². The van der Waals surface area contributed by atoms with Crippen LogP contribution in [-0.4, -0.2) is 14.3 Å². The van der Waals surface area contributed by atoms with Gasteiger partial charge in [0.15, 0.2) is 9.84 Å². The number of carbonyl (C=O) groups is 1. The van der Waals surface area contributed by atoms with Gasteiger partial charge in [0.25, 0.3) is 0 Å². The first-order valence-corrected chi connectivity index (χ1v) is 10.6. The van der Waals surface area contributed by atoms with E-state index in [-0.39, 0.29) is 10.5 Å². The maximum atomic E-state index is 13.4. The molecule has 0 aliphatic heterocycles. The molecule has 0 saturated carbocycles. The lowest BCUT2D eigenvalue weighted by Crippen LogP contribution is -2.39. The minimum absolute atomic E-state index is 0.00000656. The number of carbonyl (C=O) groups excluding carboxylic acids is 1. The topological polar surface area (TPSA) is 89.3 Å². The monoisotopic (exact) mass is 432 g/mol. The van der Waals surface area contributed by atoms with Crippen molar-refractivity contribution >= 4 is 27.3 Å². The van der Waals surface area contributed by atoms with Crippen molar-refractivity contribution in [2.24, 2.45) is 5.73 Å². The Hall–Kier alpha value is -2.74. The number of hydrogen-bond acceptors (Lipinski definition) is 4. The molecule has 0 radical (unpaired) electrons. The second kappa shape index (κ2) is 8.73. The van der Waals surface area contributed by atoms with E-state index in [0.717, 1.165) is 12.1 Å². The molecule has 0 fully saturated rings. The van der Waals surface area contributed by atoms with Crippen LogP contribution in [0.1, 0.15) is 22.5 Å². The van der Waals surface area contributed by atoms with E-state index in [1.165, 1.54) is 36.4 Å². The maximum absolute atomic E-state index is 13.4. The first-order valence-electron chi connectivity index (χ1n) is 8.64. The van der Waals surface area contributed by atoms with Gasteiger partial charge in [-0.05, 0) is 47.5 Å². The number of hydrogen-bond donors (Lipinski definition) is 2. The van der Waals surface area contributed by atoms with Crippen molar-refractivity contribution in [2.45, 2.75) is 16.3 Å². The Morgan fingerprint density at radius 1 is 0.897 bits per heavy atom. The molecule has 8 heteroatoms. The quantitative estimate of drug-likeness (QED) is 0.594. The predicted molar refractivity (Wildman–Crippen MR) is 109 cm³/mol. The molecule has 1 unspecified atom stereocenters. The summed E-state index contributed by atoms with van der Waals surface area (Å²) in [5.41, 5.74) is 6.33. The van der Waals surface area contributed by atoms with Gasteiger partial charge in [-0.2, -0.15) is 0 Å². The van der Waals surface area contributed by atoms with Crippen molar-refractivity contribution < 1.29 is 17.6 Å². The molecule has 0 bridgehead atoms. The Morgan fingerprint density at radius 3 is 2.03 bits per heavy atom. The summed E-state index contributed by atoms with van der Waals surface area (Å²) in [6, 6.07) is 18.1. The first kappa shape index (κ1) is 21.0. The van der Waals surface area contributed by atoms with Crippen LogP contribution in [0.4, 0.5) is 4.39 Å². The molecule has 3 aromatic carbocycles. The average molecular weight is 433 g/mol. The standard InChI is InChI=1S/C21H18ClFN2O3S/c22-16-8-12-18(13-9-16)29(27,28)21(15-6-10-17(23)11-7-15)25-19(20(24)26)14-4-2-1-3-5-14/h1-13,19,21,25H,(H2,24,26)/t19-,21?/m1/s1. The number of halogens is 2. The van der Waals surface area contributed by atoms with E-state index in [1.54, 1.807) is 30.3 Å². The van der Waals surface area contributed by atoms with Gasteiger partial charge in [-0.3, -0.25) is 10.1 Å². The normalized spacial score (nSPS) is 13.6. The van der Waals surface area contributed by atoms with Crippen LogP contribution in [0.2, 0.25) is 5.02 Å². The molecule has 3 N–H and O–H groups in total. The molecule has 0 aliphatic carbocycles. The Morgan fingerprint density at radius 2 is 1.48 bits per heavy atom.